The van der Waals surface area contributed by atoms with E-state index in [0.717, 1.165) is 23.5 Å². The highest BCUT2D eigenvalue weighted by molar-refractivity contribution is 5.59. The first-order chi connectivity index (χ1) is 11.5. The van der Waals surface area contributed by atoms with Crippen LogP contribution in [0.5, 0.6) is 5.75 Å². The fourth-order valence-corrected chi connectivity index (χ4v) is 2.61. The van der Waals surface area contributed by atoms with E-state index in [1.165, 1.54) is 5.56 Å². The Balaban J connectivity index is 2.24. The lowest BCUT2D eigenvalue weighted by molar-refractivity contribution is 0.474. The maximum absolute atomic E-state index is 10.3. The lowest BCUT2D eigenvalue weighted by Crippen LogP contribution is -2.19. The molecule has 2 rings (SSSR count). The van der Waals surface area contributed by atoms with Crippen molar-refractivity contribution in [2.45, 2.75) is 19.3 Å². The summed E-state index contributed by atoms with van der Waals surface area (Å²) >= 11 is 0. The van der Waals surface area contributed by atoms with Crippen LogP contribution in [0, 0.1) is 0 Å². The Kier molecular flexibility index (Phi) is 5.69. The van der Waals surface area contributed by atoms with E-state index in [4.69, 9.17) is 0 Å². The van der Waals surface area contributed by atoms with Crippen LogP contribution < -0.4 is 10.6 Å². The molecular weight excluding hydrogens is 296 g/mol. The number of hydrogen-bond donors (Lipinski definition) is 3. The number of aromatic hydroxyl groups is 1. The minimum Gasteiger partial charge on any atom is -0.506 e. The molecule has 0 aromatic heterocycles. The quantitative estimate of drug-likeness (QED) is 0.478. The zero-order chi connectivity index (χ0) is 17.6. The van der Waals surface area contributed by atoms with Gasteiger partial charge in [-0.1, -0.05) is 44.2 Å². The molecule has 126 valence electrons. The van der Waals surface area contributed by atoms with Gasteiger partial charge < -0.3 is 15.7 Å². The van der Waals surface area contributed by atoms with Gasteiger partial charge >= 0.3 is 0 Å². The lowest BCUT2D eigenvalue weighted by Gasteiger charge is -2.27. The Morgan fingerprint density at radius 3 is 2.08 bits per heavy atom. The zero-order valence-corrected chi connectivity index (χ0v) is 14.5. The summed E-state index contributed by atoms with van der Waals surface area (Å²) in [6.45, 7) is 13.1. The van der Waals surface area contributed by atoms with Crippen molar-refractivity contribution in [2.75, 3.05) is 23.7 Å². The Morgan fingerprint density at radius 1 is 0.917 bits per heavy atom. The molecule has 0 aliphatic rings. The molecule has 3 nitrogen and oxygen atoms in total. The fourth-order valence-electron chi connectivity index (χ4n) is 2.61. The van der Waals surface area contributed by atoms with Crippen molar-refractivity contribution in [2.24, 2.45) is 0 Å². The first-order valence-corrected chi connectivity index (χ1v) is 8.12. The molecule has 3 N–H and O–H groups in total. The van der Waals surface area contributed by atoms with Gasteiger partial charge in [0, 0.05) is 24.2 Å². The summed E-state index contributed by atoms with van der Waals surface area (Å²) < 4.78 is 0. The van der Waals surface area contributed by atoms with Crippen LogP contribution in [0.25, 0.3) is 0 Å². The third-order valence-electron chi connectivity index (χ3n) is 4.21. The molecule has 2 aromatic carbocycles. The summed E-state index contributed by atoms with van der Waals surface area (Å²) in [5.74, 6) is 0.256. The van der Waals surface area contributed by atoms with Gasteiger partial charge in [-0.2, -0.15) is 0 Å². The van der Waals surface area contributed by atoms with Crippen LogP contribution in [0.1, 0.15) is 25.0 Å². The van der Waals surface area contributed by atoms with Crippen molar-refractivity contribution in [3.05, 3.63) is 78.9 Å². The molecule has 0 heterocycles. The van der Waals surface area contributed by atoms with Gasteiger partial charge in [0.25, 0.3) is 0 Å². The molecule has 0 aliphatic carbocycles. The molecular formula is C21H26N2O. The third-order valence-corrected chi connectivity index (χ3v) is 4.21. The largest absolute Gasteiger partial charge is 0.506 e. The molecule has 0 aliphatic heterocycles. The van der Waals surface area contributed by atoms with Crippen LogP contribution in [-0.2, 0) is 5.41 Å². The average Bonchev–Trinajstić information content (AvgIpc) is 2.59. The van der Waals surface area contributed by atoms with Crippen LogP contribution in [-0.4, -0.2) is 18.2 Å². The summed E-state index contributed by atoms with van der Waals surface area (Å²) in [6.07, 6.45) is 3.60. The predicted octanol–water partition coefficient (Wildman–Crippen LogP) is 4.91. The Bertz CT molecular complexity index is 702. The summed E-state index contributed by atoms with van der Waals surface area (Å²) in [5.41, 5.74) is 3.85. The monoisotopic (exact) mass is 322 g/mol. The Labute approximate surface area is 144 Å². The molecule has 24 heavy (non-hydrogen) atoms. The molecule has 0 fully saturated rings. The molecule has 0 amide bonds. The Hall–Kier alpha value is -2.68. The second-order valence-corrected chi connectivity index (χ2v) is 6.27. The number of phenols is 1. The first-order valence-electron chi connectivity index (χ1n) is 8.12. The van der Waals surface area contributed by atoms with Gasteiger partial charge in [0.15, 0.2) is 0 Å². The molecule has 0 radical (unpaired) electrons. The number of nitrogens with one attached hydrogen (secondary N) is 2. The second-order valence-electron chi connectivity index (χ2n) is 6.27. The standard InChI is InChI=1S/C21H26N2O/c1-5-13-22-18-10-7-16(8-11-18)21(3,4)17-9-12-19(20(24)15-17)23-14-6-2/h5-12,15,22-24H,1-2,13-14H2,3-4H3. The van der Waals surface area contributed by atoms with Crippen molar-refractivity contribution in [1.82, 2.24) is 0 Å². The molecule has 3 heteroatoms. The number of anilines is 2. The molecule has 0 spiro atoms. The van der Waals surface area contributed by atoms with Crippen LogP contribution in [0.2, 0.25) is 0 Å². The second kappa shape index (κ2) is 7.73. The van der Waals surface area contributed by atoms with Gasteiger partial charge in [-0.3, -0.25) is 0 Å². The van der Waals surface area contributed by atoms with Gasteiger partial charge in [-0.05, 0) is 35.4 Å². The molecule has 0 saturated heterocycles. The van der Waals surface area contributed by atoms with Crippen molar-refractivity contribution in [1.29, 1.82) is 0 Å². The predicted molar refractivity (Wildman–Crippen MR) is 104 cm³/mol. The highest BCUT2D eigenvalue weighted by Gasteiger charge is 2.24. The first kappa shape index (κ1) is 17.7. The fraction of sp³-hybridized carbons (Fsp3) is 0.238. The number of phenolic OH excluding ortho intramolecular Hbond substituents is 1. The van der Waals surface area contributed by atoms with E-state index >= 15 is 0 Å². The van der Waals surface area contributed by atoms with Gasteiger partial charge in [0.1, 0.15) is 5.75 Å². The molecule has 0 unspecified atom stereocenters. The summed E-state index contributed by atoms with van der Waals surface area (Å²) in [7, 11) is 0. The SMILES string of the molecule is C=CCNc1ccc(C(C)(C)c2ccc(NCC=C)c(O)c2)cc1. The third kappa shape index (κ3) is 3.99. The molecule has 0 atom stereocenters. The van der Waals surface area contributed by atoms with Gasteiger partial charge in [0.2, 0.25) is 0 Å². The van der Waals surface area contributed by atoms with E-state index in [2.05, 4.69) is 68.0 Å². The number of benzene rings is 2. The molecule has 0 bridgehead atoms. The smallest absolute Gasteiger partial charge is 0.138 e. The van der Waals surface area contributed by atoms with E-state index in [-0.39, 0.29) is 11.2 Å². The molecule has 2 aromatic rings. The van der Waals surface area contributed by atoms with Crippen molar-refractivity contribution < 1.29 is 5.11 Å². The summed E-state index contributed by atoms with van der Waals surface area (Å²) in [4.78, 5) is 0. The van der Waals surface area contributed by atoms with Gasteiger partial charge in [-0.25, -0.2) is 0 Å². The van der Waals surface area contributed by atoms with E-state index in [1.807, 2.05) is 18.2 Å². The number of rotatable bonds is 8. The van der Waals surface area contributed by atoms with E-state index < -0.39 is 0 Å². The van der Waals surface area contributed by atoms with Crippen LogP contribution in [0.4, 0.5) is 11.4 Å². The highest BCUT2D eigenvalue weighted by atomic mass is 16.3. The van der Waals surface area contributed by atoms with Crippen LogP contribution >= 0.6 is 0 Å². The van der Waals surface area contributed by atoms with Gasteiger partial charge in [-0.15, -0.1) is 13.2 Å². The summed E-state index contributed by atoms with van der Waals surface area (Å²) in [5, 5.41) is 16.7. The van der Waals surface area contributed by atoms with Gasteiger partial charge in [0.05, 0.1) is 5.69 Å². The van der Waals surface area contributed by atoms with Crippen molar-refractivity contribution in [3.8, 4) is 5.75 Å². The number of hydrogen-bond acceptors (Lipinski definition) is 3. The minimum absolute atomic E-state index is 0.203. The van der Waals surface area contributed by atoms with E-state index in [1.54, 1.807) is 6.08 Å². The topological polar surface area (TPSA) is 44.3 Å². The highest BCUT2D eigenvalue weighted by Crippen LogP contribution is 2.36. The summed E-state index contributed by atoms with van der Waals surface area (Å²) in [6, 6.07) is 14.2. The molecule has 0 saturated carbocycles. The van der Waals surface area contributed by atoms with Crippen LogP contribution in [0.3, 0.4) is 0 Å². The van der Waals surface area contributed by atoms with E-state index in [0.29, 0.717) is 6.54 Å². The van der Waals surface area contributed by atoms with Crippen molar-refractivity contribution >= 4 is 11.4 Å². The lowest BCUT2D eigenvalue weighted by atomic mass is 9.78. The normalized spacial score (nSPS) is 10.9. The Morgan fingerprint density at radius 2 is 1.50 bits per heavy atom. The van der Waals surface area contributed by atoms with Crippen LogP contribution in [0.15, 0.2) is 67.8 Å². The van der Waals surface area contributed by atoms with E-state index in [9.17, 15) is 5.11 Å². The van der Waals surface area contributed by atoms with Crippen molar-refractivity contribution in [3.63, 3.8) is 0 Å². The average molecular weight is 322 g/mol. The maximum Gasteiger partial charge on any atom is 0.138 e. The maximum atomic E-state index is 10.3. The zero-order valence-electron chi connectivity index (χ0n) is 14.5. The minimum atomic E-state index is -0.203.